The summed E-state index contributed by atoms with van der Waals surface area (Å²) in [5.74, 6) is -0.187. The molecule has 112 valence electrons. The number of aryl methyl sites for hydroxylation is 1. The van der Waals surface area contributed by atoms with E-state index >= 15 is 0 Å². The molecule has 5 heteroatoms. The first kappa shape index (κ1) is 15.1. The second kappa shape index (κ2) is 5.99. The van der Waals surface area contributed by atoms with Crippen LogP contribution in [0, 0.1) is 6.92 Å². The zero-order chi connectivity index (χ0) is 15.6. The van der Waals surface area contributed by atoms with Crippen molar-refractivity contribution in [2.24, 2.45) is 0 Å². The topological polar surface area (TPSA) is 62.6 Å². The Bertz CT molecular complexity index is 673. The predicted octanol–water partition coefficient (Wildman–Crippen LogP) is 2.34. The second-order valence-electron chi connectivity index (χ2n) is 5.44. The van der Waals surface area contributed by atoms with Gasteiger partial charge in [0.15, 0.2) is 5.76 Å². The number of para-hydroxylation sites is 1. The summed E-state index contributed by atoms with van der Waals surface area (Å²) in [7, 11) is 1.59. The molecular weight excluding hydrogens is 268 g/mol. The van der Waals surface area contributed by atoms with Crippen LogP contribution >= 0.6 is 0 Å². The number of rotatable bonds is 4. The van der Waals surface area contributed by atoms with E-state index in [1.165, 1.54) is 4.90 Å². The summed E-state index contributed by atoms with van der Waals surface area (Å²) < 4.78 is 5.62. The maximum atomic E-state index is 12.4. The van der Waals surface area contributed by atoms with Crippen LogP contribution in [-0.4, -0.2) is 36.3 Å². The van der Waals surface area contributed by atoms with Gasteiger partial charge < -0.3 is 14.6 Å². The number of benzene rings is 1. The van der Waals surface area contributed by atoms with E-state index in [2.05, 4.69) is 5.32 Å². The highest BCUT2D eigenvalue weighted by molar-refractivity contribution is 6.00. The molecule has 0 aliphatic heterocycles. The van der Waals surface area contributed by atoms with Crippen molar-refractivity contribution in [2.75, 3.05) is 13.6 Å². The van der Waals surface area contributed by atoms with Crippen molar-refractivity contribution in [3.8, 4) is 0 Å². The lowest BCUT2D eigenvalue weighted by atomic mass is 10.1. The van der Waals surface area contributed by atoms with Gasteiger partial charge in [-0.05, 0) is 26.8 Å². The molecule has 21 heavy (non-hydrogen) atoms. The average molecular weight is 288 g/mol. The van der Waals surface area contributed by atoms with Crippen LogP contribution < -0.4 is 5.32 Å². The van der Waals surface area contributed by atoms with Crippen molar-refractivity contribution in [1.82, 2.24) is 10.2 Å². The number of likely N-dealkylation sites (N-methyl/N-ethyl adjacent to an activating group) is 1. The third kappa shape index (κ3) is 3.24. The molecule has 0 fully saturated rings. The normalized spacial score (nSPS) is 10.9. The monoisotopic (exact) mass is 288 g/mol. The maximum absolute atomic E-state index is 12.4. The minimum absolute atomic E-state index is 0.00744. The Balaban J connectivity index is 2.18. The van der Waals surface area contributed by atoms with Crippen LogP contribution in [0.25, 0.3) is 11.0 Å². The standard InChI is InChI=1S/C16H20N2O3/c1-10(2)17-14(19)9-18(4)16(20)15-11(3)12-7-5-6-8-13(12)21-15/h5-8,10H,9H2,1-4H3,(H,17,19). The summed E-state index contributed by atoms with van der Waals surface area (Å²) in [6, 6.07) is 7.55. The third-order valence-electron chi connectivity index (χ3n) is 3.22. The highest BCUT2D eigenvalue weighted by atomic mass is 16.3. The van der Waals surface area contributed by atoms with Crippen molar-refractivity contribution in [3.05, 3.63) is 35.6 Å². The zero-order valence-corrected chi connectivity index (χ0v) is 12.8. The van der Waals surface area contributed by atoms with Gasteiger partial charge in [-0.2, -0.15) is 0 Å². The van der Waals surface area contributed by atoms with E-state index in [9.17, 15) is 9.59 Å². The first-order valence-electron chi connectivity index (χ1n) is 6.93. The fraction of sp³-hybridized carbons (Fsp3) is 0.375. The van der Waals surface area contributed by atoms with Gasteiger partial charge in [0.2, 0.25) is 5.91 Å². The number of carbonyl (C=O) groups excluding carboxylic acids is 2. The van der Waals surface area contributed by atoms with Gasteiger partial charge >= 0.3 is 0 Å². The molecule has 0 saturated carbocycles. The molecule has 2 aromatic rings. The highest BCUT2D eigenvalue weighted by Crippen LogP contribution is 2.25. The first-order chi connectivity index (χ1) is 9.90. The molecule has 1 aromatic heterocycles. The minimum Gasteiger partial charge on any atom is -0.451 e. The quantitative estimate of drug-likeness (QED) is 0.939. The van der Waals surface area contributed by atoms with Crippen LogP contribution in [0.15, 0.2) is 28.7 Å². The molecule has 5 nitrogen and oxygen atoms in total. The lowest BCUT2D eigenvalue weighted by molar-refractivity contribution is -0.122. The molecule has 2 rings (SSSR count). The molecule has 0 atom stereocenters. The largest absolute Gasteiger partial charge is 0.451 e. The number of amides is 2. The van der Waals surface area contributed by atoms with Gasteiger partial charge in [-0.25, -0.2) is 0 Å². The fourth-order valence-electron chi connectivity index (χ4n) is 2.21. The summed E-state index contributed by atoms with van der Waals surface area (Å²) in [5, 5.41) is 3.68. The van der Waals surface area contributed by atoms with Gasteiger partial charge in [0.25, 0.3) is 5.91 Å². The van der Waals surface area contributed by atoms with Crippen molar-refractivity contribution < 1.29 is 14.0 Å². The van der Waals surface area contributed by atoms with E-state index in [4.69, 9.17) is 4.42 Å². The van der Waals surface area contributed by atoms with Crippen molar-refractivity contribution in [3.63, 3.8) is 0 Å². The van der Waals surface area contributed by atoms with Crippen LogP contribution in [0.1, 0.15) is 30.0 Å². The molecule has 0 aliphatic rings. The summed E-state index contributed by atoms with van der Waals surface area (Å²) in [4.78, 5) is 25.5. The van der Waals surface area contributed by atoms with E-state index in [0.29, 0.717) is 5.58 Å². The summed E-state index contributed by atoms with van der Waals surface area (Å²) in [5.41, 5.74) is 1.48. The van der Waals surface area contributed by atoms with Crippen molar-refractivity contribution in [1.29, 1.82) is 0 Å². The lowest BCUT2D eigenvalue weighted by Crippen LogP contribution is -2.40. The molecule has 1 aromatic carbocycles. The number of fused-ring (bicyclic) bond motifs is 1. The third-order valence-corrected chi connectivity index (χ3v) is 3.22. The van der Waals surface area contributed by atoms with Gasteiger partial charge in [0.05, 0.1) is 6.54 Å². The van der Waals surface area contributed by atoms with Crippen molar-refractivity contribution in [2.45, 2.75) is 26.8 Å². The Morgan fingerprint density at radius 2 is 1.95 bits per heavy atom. The van der Waals surface area contributed by atoms with E-state index in [-0.39, 0.29) is 30.2 Å². The number of nitrogens with zero attached hydrogens (tertiary/aromatic N) is 1. The zero-order valence-electron chi connectivity index (χ0n) is 12.8. The Hall–Kier alpha value is -2.30. The lowest BCUT2D eigenvalue weighted by Gasteiger charge is -2.17. The van der Waals surface area contributed by atoms with E-state index in [1.807, 2.05) is 45.0 Å². The summed E-state index contributed by atoms with van der Waals surface area (Å²) in [6.45, 7) is 5.61. The van der Waals surface area contributed by atoms with Gasteiger partial charge in [-0.3, -0.25) is 9.59 Å². The Morgan fingerprint density at radius 1 is 1.29 bits per heavy atom. The molecular formula is C16H20N2O3. The number of nitrogens with one attached hydrogen (secondary N) is 1. The molecule has 0 aliphatic carbocycles. The van der Waals surface area contributed by atoms with E-state index in [0.717, 1.165) is 10.9 Å². The number of hydrogen-bond acceptors (Lipinski definition) is 3. The molecule has 2 amide bonds. The summed E-state index contributed by atoms with van der Waals surface area (Å²) >= 11 is 0. The van der Waals surface area contributed by atoms with Gasteiger partial charge in [0.1, 0.15) is 5.58 Å². The van der Waals surface area contributed by atoms with Crippen LogP contribution in [0.5, 0.6) is 0 Å². The smallest absolute Gasteiger partial charge is 0.290 e. The Morgan fingerprint density at radius 3 is 2.57 bits per heavy atom. The van der Waals surface area contributed by atoms with Gasteiger partial charge in [0, 0.05) is 24.0 Å². The Labute approximate surface area is 123 Å². The molecule has 0 radical (unpaired) electrons. The maximum Gasteiger partial charge on any atom is 0.290 e. The van der Waals surface area contributed by atoms with Gasteiger partial charge in [-0.1, -0.05) is 18.2 Å². The van der Waals surface area contributed by atoms with Crippen LogP contribution in [0.3, 0.4) is 0 Å². The SMILES string of the molecule is Cc1c(C(=O)N(C)CC(=O)NC(C)C)oc2ccccc12. The number of hydrogen-bond donors (Lipinski definition) is 1. The number of carbonyl (C=O) groups is 2. The summed E-state index contributed by atoms with van der Waals surface area (Å²) in [6.07, 6.45) is 0. The molecule has 1 N–H and O–H groups in total. The minimum atomic E-state index is -0.289. The molecule has 0 bridgehead atoms. The van der Waals surface area contributed by atoms with E-state index < -0.39 is 0 Å². The van der Waals surface area contributed by atoms with Crippen molar-refractivity contribution >= 4 is 22.8 Å². The number of furan rings is 1. The van der Waals surface area contributed by atoms with Crippen LogP contribution in [0.2, 0.25) is 0 Å². The second-order valence-corrected chi connectivity index (χ2v) is 5.44. The average Bonchev–Trinajstić information content (AvgIpc) is 2.74. The molecule has 0 saturated heterocycles. The molecule has 0 unspecified atom stereocenters. The first-order valence-corrected chi connectivity index (χ1v) is 6.93. The molecule has 1 heterocycles. The van der Waals surface area contributed by atoms with Gasteiger partial charge in [-0.15, -0.1) is 0 Å². The fourth-order valence-corrected chi connectivity index (χ4v) is 2.21. The van der Waals surface area contributed by atoms with Crippen LogP contribution in [0.4, 0.5) is 0 Å². The van der Waals surface area contributed by atoms with E-state index in [1.54, 1.807) is 7.05 Å². The van der Waals surface area contributed by atoms with Crippen LogP contribution in [-0.2, 0) is 4.79 Å². The predicted molar refractivity (Wildman–Crippen MR) is 81.2 cm³/mol. The molecule has 0 spiro atoms. The Kier molecular flexibility index (Phi) is 4.31. The highest BCUT2D eigenvalue weighted by Gasteiger charge is 2.22.